The van der Waals surface area contributed by atoms with Gasteiger partial charge in [0.15, 0.2) is 0 Å². The van der Waals surface area contributed by atoms with Crippen molar-refractivity contribution in [3.05, 3.63) is 35.9 Å². The number of nitrogens with one attached hydrogen (secondary N) is 1. The Morgan fingerprint density at radius 3 is 2.57 bits per heavy atom. The fourth-order valence-corrected chi connectivity index (χ4v) is 2.33. The SMILES string of the molecule is CCOc1ccc(/C=C/C(=O)N[C@@H](CCSC)C(=O)OC)cc1. The number of thioether (sulfide) groups is 1. The molecule has 0 aliphatic heterocycles. The van der Waals surface area contributed by atoms with Gasteiger partial charge in [-0.3, -0.25) is 4.79 Å². The number of amides is 1. The van der Waals surface area contributed by atoms with Crippen LogP contribution in [0.1, 0.15) is 18.9 Å². The molecule has 0 radical (unpaired) electrons. The Morgan fingerprint density at radius 1 is 1.30 bits per heavy atom. The Labute approximate surface area is 141 Å². The van der Waals surface area contributed by atoms with E-state index in [1.54, 1.807) is 17.8 Å². The number of carbonyl (C=O) groups is 2. The zero-order valence-electron chi connectivity index (χ0n) is 13.7. The summed E-state index contributed by atoms with van der Waals surface area (Å²) in [7, 11) is 1.32. The molecule has 0 spiro atoms. The molecule has 1 amide bonds. The summed E-state index contributed by atoms with van der Waals surface area (Å²) in [5, 5.41) is 2.67. The maximum atomic E-state index is 11.9. The van der Waals surface area contributed by atoms with Gasteiger partial charge >= 0.3 is 5.97 Å². The Balaban J connectivity index is 2.60. The van der Waals surface area contributed by atoms with Crippen LogP contribution in [0.15, 0.2) is 30.3 Å². The maximum absolute atomic E-state index is 11.9. The number of benzene rings is 1. The summed E-state index contributed by atoms with van der Waals surface area (Å²) >= 11 is 1.61. The first-order valence-corrected chi connectivity index (χ1v) is 8.78. The van der Waals surface area contributed by atoms with Crippen molar-refractivity contribution in [2.24, 2.45) is 0 Å². The molecule has 1 N–H and O–H groups in total. The average molecular weight is 337 g/mol. The van der Waals surface area contributed by atoms with Crippen molar-refractivity contribution >= 4 is 29.7 Å². The molecular weight excluding hydrogens is 314 g/mol. The smallest absolute Gasteiger partial charge is 0.328 e. The van der Waals surface area contributed by atoms with Crippen LogP contribution >= 0.6 is 11.8 Å². The quantitative estimate of drug-likeness (QED) is 0.554. The second-order valence-corrected chi connectivity index (χ2v) is 5.69. The first-order valence-electron chi connectivity index (χ1n) is 7.39. The number of carbonyl (C=O) groups excluding carboxylic acids is 2. The minimum atomic E-state index is -0.620. The van der Waals surface area contributed by atoms with E-state index in [1.807, 2.05) is 37.4 Å². The molecule has 1 aromatic carbocycles. The van der Waals surface area contributed by atoms with E-state index in [9.17, 15) is 9.59 Å². The molecular formula is C17H23NO4S. The minimum absolute atomic E-state index is 0.324. The van der Waals surface area contributed by atoms with Gasteiger partial charge in [0.1, 0.15) is 11.8 Å². The average Bonchev–Trinajstić information content (AvgIpc) is 2.57. The van der Waals surface area contributed by atoms with Crippen LogP contribution < -0.4 is 10.1 Å². The highest BCUT2D eigenvalue weighted by molar-refractivity contribution is 7.98. The van der Waals surface area contributed by atoms with Crippen molar-refractivity contribution in [3.8, 4) is 5.75 Å². The number of hydrogen-bond acceptors (Lipinski definition) is 5. The Morgan fingerprint density at radius 2 is 2.00 bits per heavy atom. The lowest BCUT2D eigenvalue weighted by atomic mass is 10.2. The first-order chi connectivity index (χ1) is 11.1. The molecule has 1 aromatic rings. The van der Waals surface area contributed by atoms with E-state index >= 15 is 0 Å². The Kier molecular flexibility index (Phi) is 8.90. The summed E-state index contributed by atoms with van der Waals surface area (Å²) in [4.78, 5) is 23.6. The standard InChI is InChI=1S/C17H23NO4S/c1-4-22-14-8-5-13(6-9-14)7-10-16(19)18-15(11-12-23-3)17(20)21-2/h5-10,15H,4,11-12H2,1-3H3,(H,18,19)/b10-7+/t15-/m0/s1. The summed E-state index contributed by atoms with van der Waals surface area (Å²) in [5.41, 5.74) is 0.877. The van der Waals surface area contributed by atoms with Crippen LogP contribution in [0.4, 0.5) is 0 Å². The highest BCUT2D eigenvalue weighted by Gasteiger charge is 2.19. The van der Waals surface area contributed by atoms with E-state index < -0.39 is 12.0 Å². The largest absolute Gasteiger partial charge is 0.494 e. The van der Waals surface area contributed by atoms with Crippen molar-refractivity contribution in [1.29, 1.82) is 0 Å². The van der Waals surface area contributed by atoms with Crippen LogP contribution in [-0.2, 0) is 14.3 Å². The zero-order chi connectivity index (χ0) is 17.1. The molecule has 126 valence electrons. The molecule has 1 atom stereocenters. The van der Waals surface area contributed by atoms with E-state index in [2.05, 4.69) is 5.32 Å². The van der Waals surface area contributed by atoms with E-state index in [1.165, 1.54) is 13.2 Å². The summed E-state index contributed by atoms with van der Waals surface area (Å²) in [6, 6.07) is 6.79. The summed E-state index contributed by atoms with van der Waals surface area (Å²) in [6.07, 6.45) is 5.58. The number of esters is 1. The van der Waals surface area contributed by atoms with Gasteiger partial charge in [0.25, 0.3) is 0 Å². The number of hydrogen-bond donors (Lipinski definition) is 1. The molecule has 0 heterocycles. The monoisotopic (exact) mass is 337 g/mol. The van der Waals surface area contributed by atoms with E-state index in [0.29, 0.717) is 13.0 Å². The molecule has 0 saturated carbocycles. The van der Waals surface area contributed by atoms with Gasteiger partial charge in [-0.25, -0.2) is 4.79 Å². The molecule has 5 nitrogen and oxygen atoms in total. The molecule has 0 saturated heterocycles. The summed E-state index contributed by atoms with van der Waals surface area (Å²) in [6.45, 7) is 2.54. The van der Waals surface area contributed by atoms with Gasteiger partial charge in [0.2, 0.25) is 5.91 Å². The van der Waals surface area contributed by atoms with Crippen LogP contribution in [0, 0.1) is 0 Å². The first kappa shape index (κ1) is 19.1. The molecule has 0 unspecified atom stereocenters. The fraction of sp³-hybridized carbons (Fsp3) is 0.412. The number of ether oxygens (including phenoxy) is 2. The molecule has 0 bridgehead atoms. The van der Waals surface area contributed by atoms with Gasteiger partial charge in [0, 0.05) is 6.08 Å². The fourth-order valence-electron chi connectivity index (χ4n) is 1.86. The summed E-state index contributed by atoms with van der Waals surface area (Å²) < 4.78 is 10.1. The molecule has 0 fully saturated rings. The second kappa shape index (κ2) is 10.7. The normalized spacial score (nSPS) is 12.0. The van der Waals surface area contributed by atoms with Crippen LogP contribution in [-0.4, -0.2) is 43.6 Å². The zero-order valence-corrected chi connectivity index (χ0v) is 14.5. The molecule has 6 heteroatoms. The minimum Gasteiger partial charge on any atom is -0.494 e. The molecule has 0 aliphatic rings. The van der Waals surface area contributed by atoms with Gasteiger partial charge in [-0.15, -0.1) is 0 Å². The van der Waals surface area contributed by atoms with Crippen LogP contribution in [0.5, 0.6) is 5.75 Å². The third-order valence-corrected chi connectivity index (χ3v) is 3.68. The van der Waals surface area contributed by atoms with Gasteiger partial charge in [-0.2, -0.15) is 11.8 Å². The Bertz CT molecular complexity index is 528. The lowest BCUT2D eigenvalue weighted by molar-refractivity contribution is -0.144. The lowest BCUT2D eigenvalue weighted by Crippen LogP contribution is -2.41. The van der Waals surface area contributed by atoms with Crippen LogP contribution in [0.2, 0.25) is 0 Å². The molecule has 0 aliphatic carbocycles. The predicted molar refractivity (Wildman–Crippen MR) is 93.6 cm³/mol. The predicted octanol–water partition coefficient (Wildman–Crippen LogP) is 2.51. The second-order valence-electron chi connectivity index (χ2n) is 4.70. The van der Waals surface area contributed by atoms with Gasteiger partial charge < -0.3 is 14.8 Å². The maximum Gasteiger partial charge on any atom is 0.328 e. The highest BCUT2D eigenvalue weighted by Crippen LogP contribution is 2.13. The van der Waals surface area contributed by atoms with E-state index in [0.717, 1.165) is 17.1 Å². The lowest BCUT2D eigenvalue weighted by Gasteiger charge is -2.14. The van der Waals surface area contributed by atoms with Gasteiger partial charge in [0.05, 0.1) is 13.7 Å². The van der Waals surface area contributed by atoms with Gasteiger partial charge in [-0.05, 0) is 49.1 Å². The summed E-state index contributed by atoms with van der Waals surface area (Å²) in [5.74, 6) is 0.803. The molecule has 1 rings (SSSR count). The number of methoxy groups -OCH3 is 1. The van der Waals surface area contributed by atoms with Crippen LogP contribution in [0.25, 0.3) is 6.08 Å². The topological polar surface area (TPSA) is 64.6 Å². The van der Waals surface area contributed by atoms with E-state index in [4.69, 9.17) is 9.47 Å². The third kappa shape index (κ3) is 7.23. The molecule has 23 heavy (non-hydrogen) atoms. The van der Waals surface area contributed by atoms with Crippen LogP contribution in [0.3, 0.4) is 0 Å². The highest BCUT2D eigenvalue weighted by atomic mass is 32.2. The van der Waals surface area contributed by atoms with Gasteiger partial charge in [-0.1, -0.05) is 12.1 Å². The van der Waals surface area contributed by atoms with Crippen molar-refractivity contribution in [2.45, 2.75) is 19.4 Å². The van der Waals surface area contributed by atoms with E-state index in [-0.39, 0.29) is 5.91 Å². The Hall–Kier alpha value is -1.95. The van der Waals surface area contributed by atoms with Crippen molar-refractivity contribution in [2.75, 3.05) is 25.7 Å². The molecule has 0 aromatic heterocycles. The number of rotatable bonds is 9. The van der Waals surface area contributed by atoms with Crippen molar-refractivity contribution in [1.82, 2.24) is 5.32 Å². The van der Waals surface area contributed by atoms with Crippen molar-refractivity contribution in [3.63, 3.8) is 0 Å². The third-order valence-electron chi connectivity index (χ3n) is 3.03. The van der Waals surface area contributed by atoms with Crippen molar-refractivity contribution < 1.29 is 19.1 Å².